The molecule has 0 radical (unpaired) electrons. The molecule has 1 atom stereocenters. The first-order chi connectivity index (χ1) is 9.82. The van der Waals surface area contributed by atoms with Crippen LogP contribution in [0.5, 0.6) is 0 Å². The first-order valence-electron chi connectivity index (χ1n) is 7.31. The predicted octanol–water partition coefficient (Wildman–Crippen LogP) is 1.57. The number of aliphatic carboxylic acids is 2. The van der Waals surface area contributed by atoms with Gasteiger partial charge in [-0.3, -0.25) is 4.79 Å². The molecule has 0 aromatic carbocycles. The SMILES string of the molecule is CC1(CNC(=O)N[C@@H](CCC(=O)O)C(=O)O)CCCCC1. The van der Waals surface area contributed by atoms with Crippen LogP contribution in [0.1, 0.15) is 51.9 Å². The molecule has 7 nitrogen and oxygen atoms in total. The molecule has 2 amide bonds. The maximum atomic E-state index is 11.8. The van der Waals surface area contributed by atoms with Gasteiger partial charge in [-0.2, -0.15) is 0 Å². The zero-order chi connectivity index (χ0) is 15.9. The van der Waals surface area contributed by atoms with Crippen LogP contribution in [0, 0.1) is 5.41 Å². The van der Waals surface area contributed by atoms with Gasteiger partial charge in [0.1, 0.15) is 6.04 Å². The lowest BCUT2D eigenvalue weighted by molar-refractivity contribution is -0.140. The van der Waals surface area contributed by atoms with Crippen molar-refractivity contribution < 1.29 is 24.6 Å². The molecule has 7 heteroatoms. The molecule has 0 aromatic heterocycles. The minimum atomic E-state index is -1.23. The highest BCUT2D eigenvalue weighted by Crippen LogP contribution is 2.34. The van der Waals surface area contributed by atoms with E-state index in [1.807, 2.05) is 0 Å². The Morgan fingerprint density at radius 2 is 1.76 bits per heavy atom. The highest BCUT2D eigenvalue weighted by atomic mass is 16.4. The van der Waals surface area contributed by atoms with E-state index in [1.165, 1.54) is 6.42 Å². The number of carbonyl (C=O) groups excluding carboxylic acids is 1. The fourth-order valence-corrected chi connectivity index (χ4v) is 2.61. The van der Waals surface area contributed by atoms with Gasteiger partial charge in [0.05, 0.1) is 0 Å². The third-order valence-electron chi connectivity index (χ3n) is 3.99. The summed E-state index contributed by atoms with van der Waals surface area (Å²) in [6.07, 6.45) is 5.19. The highest BCUT2D eigenvalue weighted by Gasteiger charge is 2.28. The minimum Gasteiger partial charge on any atom is -0.481 e. The van der Waals surface area contributed by atoms with E-state index < -0.39 is 24.0 Å². The quantitative estimate of drug-likeness (QED) is 0.569. The van der Waals surface area contributed by atoms with Crippen molar-refractivity contribution in [3.63, 3.8) is 0 Å². The normalized spacial score (nSPS) is 18.5. The molecule has 0 spiro atoms. The van der Waals surface area contributed by atoms with Crippen LogP contribution < -0.4 is 10.6 Å². The molecular weight excluding hydrogens is 276 g/mol. The number of carboxylic acids is 2. The van der Waals surface area contributed by atoms with E-state index >= 15 is 0 Å². The molecule has 0 saturated heterocycles. The maximum absolute atomic E-state index is 11.8. The lowest BCUT2D eigenvalue weighted by atomic mass is 9.76. The van der Waals surface area contributed by atoms with Gasteiger partial charge >= 0.3 is 18.0 Å². The summed E-state index contributed by atoms with van der Waals surface area (Å²) in [6.45, 7) is 2.62. The third kappa shape index (κ3) is 6.46. The van der Waals surface area contributed by atoms with Gasteiger partial charge in [0, 0.05) is 13.0 Å². The summed E-state index contributed by atoms with van der Waals surface area (Å²) in [5.74, 6) is -2.31. The standard InChI is InChI=1S/C14H24N2O5/c1-14(7-3-2-4-8-14)9-15-13(21)16-10(12(19)20)5-6-11(17)18/h10H,2-9H2,1H3,(H,17,18)(H,19,20)(H2,15,16,21)/t10-/m0/s1. The Bertz CT molecular complexity index is 391. The molecule has 1 aliphatic carbocycles. The summed E-state index contributed by atoms with van der Waals surface area (Å²) in [7, 11) is 0. The molecule has 0 aliphatic heterocycles. The van der Waals surface area contributed by atoms with E-state index in [0.29, 0.717) is 6.54 Å². The number of hydrogen-bond donors (Lipinski definition) is 4. The van der Waals surface area contributed by atoms with Crippen molar-refractivity contribution in [2.24, 2.45) is 5.41 Å². The predicted molar refractivity (Wildman–Crippen MR) is 76.0 cm³/mol. The number of nitrogens with one attached hydrogen (secondary N) is 2. The zero-order valence-electron chi connectivity index (χ0n) is 12.4. The van der Waals surface area contributed by atoms with Crippen molar-refractivity contribution in [3.8, 4) is 0 Å². The van der Waals surface area contributed by atoms with Crippen LogP contribution in [0.25, 0.3) is 0 Å². The summed E-state index contributed by atoms with van der Waals surface area (Å²) in [4.78, 5) is 33.2. The maximum Gasteiger partial charge on any atom is 0.326 e. The molecule has 4 N–H and O–H groups in total. The van der Waals surface area contributed by atoms with Gasteiger partial charge < -0.3 is 20.8 Å². The summed E-state index contributed by atoms with van der Waals surface area (Å²) in [6, 6.07) is -1.74. The summed E-state index contributed by atoms with van der Waals surface area (Å²) in [5.41, 5.74) is 0.0649. The number of carbonyl (C=O) groups is 3. The smallest absolute Gasteiger partial charge is 0.326 e. The molecule has 1 saturated carbocycles. The van der Waals surface area contributed by atoms with E-state index in [0.717, 1.165) is 25.7 Å². The first-order valence-corrected chi connectivity index (χ1v) is 7.31. The number of amides is 2. The zero-order valence-corrected chi connectivity index (χ0v) is 12.4. The minimum absolute atomic E-state index is 0.0649. The number of carboxylic acid groups (broad SMARTS) is 2. The molecule has 1 fully saturated rings. The van der Waals surface area contributed by atoms with E-state index in [1.54, 1.807) is 0 Å². The van der Waals surface area contributed by atoms with Crippen LogP contribution in [0.15, 0.2) is 0 Å². The van der Waals surface area contributed by atoms with Gasteiger partial charge in [0.2, 0.25) is 0 Å². The Balaban J connectivity index is 2.39. The molecular formula is C14H24N2O5. The molecule has 1 rings (SSSR count). The lowest BCUT2D eigenvalue weighted by Gasteiger charge is -2.33. The lowest BCUT2D eigenvalue weighted by Crippen LogP contribution is -2.48. The van der Waals surface area contributed by atoms with Crippen molar-refractivity contribution in [1.82, 2.24) is 10.6 Å². The van der Waals surface area contributed by atoms with Gasteiger partial charge in [-0.1, -0.05) is 26.2 Å². The number of urea groups is 1. The monoisotopic (exact) mass is 300 g/mol. The molecule has 120 valence electrons. The largest absolute Gasteiger partial charge is 0.481 e. The van der Waals surface area contributed by atoms with Crippen molar-refractivity contribution in [2.75, 3.05) is 6.54 Å². The average Bonchev–Trinajstić information content (AvgIpc) is 2.41. The van der Waals surface area contributed by atoms with E-state index in [-0.39, 0.29) is 18.3 Å². The molecule has 0 heterocycles. The second kappa shape index (κ2) is 7.85. The van der Waals surface area contributed by atoms with Crippen LogP contribution in [-0.4, -0.2) is 40.8 Å². The summed E-state index contributed by atoms with van der Waals surface area (Å²) in [5, 5.41) is 22.6. The van der Waals surface area contributed by atoms with Crippen molar-refractivity contribution in [1.29, 1.82) is 0 Å². The fourth-order valence-electron chi connectivity index (χ4n) is 2.61. The Labute approximate surface area is 124 Å². The molecule has 1 aliphatic rings. The number of hydrogen-bond acceptors (Lipinski definition) is 3. The van der Waals surface area contributed by atoms with E-state index in [9.17, 15) is 14.4 Å². The highest BCUT2D eigenvalue weighted by molar-refractivity contribution is 5.83. The molecule has 0 aromatic rings. The van der Waals surface area contributed by atoms with Gasteiger partial charge in [0.15, 0.2) is 0 Å². The van der Waals surface area contributed by atoms with Crippen LogP contribution in [-0.2, 0) is 9.59 Å². The summed E-state index contributed by atoms with van der Waals surface area (Å²) < 4.78 is 0. The van der Waals surface area contributed by atoms with Crippen molar-refractivity contribution in [2.45, 2.75) is 57.9 Å². The van der Waals surface area contributed by atoms with Gasteiger partial charge in [-0.15, -0.1) is 0 Å². The van der Waals surface area contributed by atoms with Gasteiger partial charge in [-0.05, 0) is 24.7 Å². The molecule has 0 bridgehead atoms. The van der Waals surface area contributed by atoms with Gasteiger partial charge in [0.25, 0.3) is 0 Å². The molecule has 0 unspecified atom stereocenters. The Kier molecular flexibility index (Phi) is 6.45. The number of rotatable bonds is 7. The van der Waals surface area contributed by atoms with Crippen LogP contribution in [0.4, 0.5) is 4.79 Å². The Morgan fingerprint density at radius 3 is 2.29 bits per heavy atom. The van der Waals surface area contributed by atoms with Crippen LogP contribution in [0.2, 0.25) is 0 Å². The second-order valence-electron chi connectivity index (χ2n) is 6.02. The van der Waals surface area contributed by atoms with Gasteiger partial charge in [-0.25, -0.2) is 9.59 Å². The molecule has 21 heavy (non-hydrogen) atoms. The van der Waals surface area contributed by atoms with Crippen LogP contribution in [0.3, 0.4) is 0 Å². The van der Waals surface area contributed by atoms with Crippen molar-refractivity contribution >= 4 is 18.0 Å². The Hall–Kier alpha value is -1.79. The van der Waals surface area contributed by atoms with E-state index in [2.05, 4.69) is 17.6 Å². The first kappa shape index (κ1) is 17.3. The average molecular weight is 300 g/mol. The third-order valence-corrected chi connectivity index (χ3v) is 3.99. The fraction of sp³-hybridized carbons (Fsp3) is 0.786. The topological polar surface area (TPSA) is 116 Å². The van der Waals surface area contributed by atoms with Crippen molar-refractivity contribution in [3.05, 3.63) is 0 Å². The van der Waals surface area contributed by atoms with Crippen LogP contribution >= 0.6 is 0 Å². The Morgan fingerprint density at radius 1 is 1.14 bits per heavy atom. The summed E-state index contributed by atoms with van der Waals surface area (Å²) >= 11 is 0. The van der Waals surface area contributed by atoms with E-state index in [4.69, 9.17) is 10.2 Å². The second-order valence-corrected chi connectivity index (χ2v) is 6.02.